The van der Waals surface area contributed by atoms with Crippen molar-refractivity contribution < 1.29 is 9.78 Å². The fraction of sp³-hybridized carbons (Fsp3) is 0.333. The van der Waals surface area contributed by atoms with Gasteiger partial charge in [-0.2, -0.15) is 0 Å². The Hall–Kier alpha value is -0.380. The lowest BCUT2D eigenvalue weighted by Crippen LogP contribution is -1.93. The van der Waals surface area contributed by atoms with Crippen molar-refractivity contribution in [3.8, 4) is 0 Å². The number of benzene rings is 1. The Balaban J connectivity index is 2.17. The van der Waals surface area contributed by atoms with Gasteiger partial charge in [-0.15, -0.1) is 0 Å². The molecule has 0 aliphatic carbocycles. The molecule has 1 unspecified atom stereocenters. The van der Waals surface area contributed by atoms with Crippen molar-refractivity contribution in [3.63, 3.8) is 0 Å². The van der Waals surface area contributed by atoms with Crippen LogP contribution in [0.2, 0.25) is 0 Å². The average Bonchev–Trinajstić information content (AvgIpc) is 2.58. The third-order valence-electron chi connectivity index (χ3n) is 1.89. The smallest absolute Gasteiger partial charge is 0.120 e. The Morgan fingerprint density at radius 3 is 2.58 bits per heavy atom. The fourth-order valence-electron chi connectivity index (χ4n) is 1.23. The first kappa shape index (κ1) is 8.23. The number of rotatable bonds is 1. The molecule has 1 aromatic carbocycles. The molecule has 0 N–H and O–H groups in total. The van der Waals surface area contributed by atoms with Gasteiger partial charge in [0.2, 0.25) is 0 Å². The molecule has 2 rings (SSSR count). The van der Waals surface area contributed by atoms with E-state index >= 15 is 0 Å². The van der Waals surface area contributed by atoms with Gasteiger partial charge >= 0.3 is 0 Å². The molecule has 0 bridgehead atoms. The molecule has 1 aromatic rings. The Labute approximate surface area is 79.5 Å². The summed E-state index contributed by atoms with van der Waals surface area (Å²) in [5, 5.41) is 0. The Kier molecular flexibility index (Phi) is 2.44. The molecular weight excluding hydrogens is 220 g/mol. The zero-order chi connectivity index (χ0) is 8.39. The van der Waals surface area contributed by atoms with Crippen LogP contribution in [0.15, 0.2) is 28.7 Å². The van der Waals surface area contributed by atoms with E-state index in [0.717, 1.165) is 10.9 Å². The monoisotopic (exact) mass is 228 g/mol. The van der Waals surface area contributed by atoms with Crippen LogP contribution in [-0.2, 0) is 9.78 Å². The van der Waals surface area contributed by atoms with Crippen molar-refractivity contribution in [1.82, 2.24) is 0 Å². The molecule has 1 saturated heterocycles. The van der Waals surface area contributed by atoms with E-state index in [4.69, 9.17) is 9.78 Å². The molecule has 1 aliphatic heterocycles. The zero-order valence-electron chi connectivity index (χ0n) is 6.50. The minimum atomic E-state index is 0.123. The van der Waals surface area contributed by atoms with Gasteiger partial charge in [0.25, 0.3) is 0 Å². The molecule has 0 saturated carbocycles. The molecule has 0 amide bonds. The first-order valence-electron chi connectivity index (χ1n) is 3.90. The number of hydrogen-bond donors (Lipinski definition) is 0. The maximum absolute atomic E-state index is 5.06. The SMILES string of the molecule is Brc1ccc(C2CCOO2)cc1. The van der Waals surface area contributed by atoms with Gasteiger partial charge in [0, 0.05) is 10.9 Å². The molecule has 1 fully saturated rings. The summed E-state index contributed by atoms with van der Waals surface area (Å²) in [5.74, 6) is 0. The fourth-order valence-corrected chi connectivity index (χ4v) is 1.50. The van der Waals surface area contributed by atoms with E-state index in [1.807, 2.05) is 24.3 Å². The van der Waals surface area contributed by atoms with Crippen molar-refractivity contribution in [2.24, 2.45) is 0 Å². The lowest BCUT2D eigenvalue weighted by atomic mass is 10.1. The van der Waals surface area contributed by atoms with Crippen molar-refractivity contribution in [2.75, 3.05) is 6.61 Å². The van der Waals surface area contributed by atoms with Gasteiger partial charge in [-0.25, -0.2) is 9.78 Å². The maximum Gasteiger partial charge on any atom is 0.120 e. The highest BCUT2D eigenvalue weighted by Crippen LogP contribution is 2.27. The van der Waals surface area contributed by atoms with Crippen LogP contribution in [0.1, 0.15) is 18.1 Å². The van der Waals surface area contributed by atoms with Gasteiger partial charge in [-0.3, -0.25) is 0 Å². The second-order valence-electron chi connectivity index (χ2n) is 2.75. The summed E-state index contributed by atoms with van der Waals surface area (Å²) in [5.41, 5.74) is 1.18. The summed E-state index contributed by atoms with van der Waals surface area (Å²) in [4.78, 5) is 9.89. The third-order valence-corrected chi connectivity index (χ3v) is 2.42. The third kappa shape index (κ3) is 1.68. The van der Waals surface area contributed by atoms with Gasteiger partial charge in [0.1, 0.15) is 6.10 Å². The molecule has 0 aromatic heterocycles. The van der Waals surface area contributed by atoms with Crippen LogP contribution >= 0.6 is 15.9 Å². The summed E-state index contributed by atoms with van der Waals surface area (Å²) in [6, 6.07) is 8.11. The Bertz CT molecular complexity index is 252. The van der Waals surface area contributed by atoms with E-state index in [1.54, 1.807) is 0 Å². The molecule has 0 radical (unpaired) electrons. The number of halogens is 1. The predicted molar refractivity (Wildman–Crippen MR) is 48.5 cm³/mol. The molecule has 2 nitrogen and oxygen atoms in total. The normalized spacial score (nSPS) is 22.9. The molecule has 1 aliphatic rings. The topological polar surface area (TPSA) is 18.5 Å². The van der Waals surface area contributed by atoms with Crippen molar-refractivity contribution >= 4 is 15.9 Å². The van der Waals surface area contributed by atoms with Gasteiger partial charge in [0.05, 0.1) is 6.61 Å². The van der Waals surface area contributed by atoms with Crippen LogP contribution in [0.5, 0.6) is 0 Å². The Morgan fingerprint density at radius 1 is 1.25 bits per heavy atom. The zero-order valence-corrected chi connectivity index (χ0v) is 8.08. The van der Waals surface area contributed by atoms with E-state index in [1.165, 1.54) is 5.56 Å². The minimum Gasteiger partial charge on any atom is -0.236 e. The van der Waals surface area contributed by atoms with Crippen molar-refractivity contribution in [3.05, 3.63) is 34.3 Å². The summed E-state index contributed by atoms with van der Waals surface area (Å²) < 4.78 is 1.09. The highest BCUT2D eigenvalue weighted by Gasteiger charge is 2.18. The van der Waals surface area contributed by atoms with E-state index in [-0.39, 0.29) is 6.10 Å². The van der Waals surface area contributed by atoms with E-state index in [9.17, 15) is 0 Å². The van der Waals surface area contributed by atoms with Crippen molar-refractivity contribution in [2.45, 2.75) is 12.5 Å². The average molecular weight is 229 g/mol. The first-order valence-corrected chi connectivity index (χ1v) is 4.69. The van der Waals surface area contributed by atoms with Crippen LogP contribution in [-0.4, -0.2) is 6.61 Å². The van der Waals surface area contributed by atoms with E-state index < -0.39 is 0 Å². The molecule has 64 valence electrons. The highest BCUT2D eigenvalue weighted by molar-refractivity contribution is 9.10. The highest BCUT2D eigenvalue weighted by atomic mass is 79.9. The lowest BCUT2D eigenvalue weighted by molar-refractivity contribution is -0.276. The Morgan fingerprint density at radius 2 is 2.00 bits per heavy atom. The quantitative estimate of drug-likeness (QED) is 0.689. The molecule has 0 spiro atoms. The van der Waals surface area contributed by atoms with Gasteiger partial charge < -0.3 is 0 Å². The number of hydrogen-bond acceptors (Lipinski definition) is 2. The van der Waals surface area contributed by atoms with Crippen LogP contribution in [0.4, 0.5) is 0 Å². The van der Waals surface area contributed by atoms with Gasteiger partial charge in [-0.05, 0) is 17.7 Å². The second-order valence-corrected chi connectivity index (χ2v) is 3.66. The molecule has 1 heterocycles. The standard InChI is InChI=1S/C9H9BrO2/c10-8-3-1-7(2-4-8)9-5-6-11-12-9/h1-4,9H,5-6H2. The van der Waals surface area contributed by atoms with Crippen LogP contribution in [0.25, 0.3) is 0 Å². The van der Waals surface area contributed by atoms with Crippen LogP contribution < -0.4 is 0 Å². The van der Waals surface area contributed by atoms with E-state index in [2.05, 4.69) is 15.9 Å². The first-order chi connectivity index (χ1) is 5.86. The summed E-state index contributed by atoms with van der Waals surface area (Å²) in [6.07, 6.45) is 1.07. The molecule has 1 atom stereocenters. The van der Waals surface area contributed by atoms with Crippen LogP contribution in [0, 0.1) is 0 Å². The molecular formula is C9H9BrO2. The lowest BCUT2D eigenvalue weighted by Gasteiger charge is -2.05. The van der Waals surface area contributed by atoms with Gasteiger partial charge in [-0.1, -0.05) is 28.1 Å². The summed E-state index contributed by atoms with van der Waals surface area (Å²) in [6.45, 7) is 0.695. The molecule has 12 heavy (non-hydrogen) atoms. The summed E-state index contributed by atoms with van der Waals surface area (Å²) in [7, 11) is 0. The second kappa shape index (κ2) is 3.56. The van der Waals surface area contributed by atoms with Crippen molar-refractivity contribution in [1.29, 1.82) is 0 Å². The van der Waals surface area contributed by atoms with E-state index in [0.29, 0.717) is 6.61 Å². The van der Waals surface area contributed by atoms with Crippen LogP contribution in [0.3, 0.4) is 0 Å². The van der Waals surface area contributed by atoms with Gasteiger partial charge in [0.15, 0.2) is 0 Å². The molecule has 3 heteroatoms. The largest absolute Gasteiger partial charge is 0.236 e. The minimum absolute atomic E-state index is 0.123. The summed E-state index contributed by atoms with van der Waals surface area (Å²) >= 11 is 3.38. The maximum atomic E-state index is 5.06. The predicted octanol–water partition coefficient (Wildman–Crippen LogP) is 2.84.